The molecule has 30 heavy (non-hydrogen) atoms. The zero-order valence-corrected chi connectivity index (χ0v) is 16.3. The van der Waals surface area contributed by atoms with Crippen LogP contribution in [0.25, 0.3) is 0 Å². The molecule has 5 rings (SSSR count). The van der Waals surface area contributed by atoms with Gasteiger partial charge in [-0.2, -0.15) is 0 Å². The topological polar surface area (TPSA) is 80.8 Å². The number of allylic oxidation sites excluding steroid dienone is 2. The molecule has 0 N–H and O–H groups in total. The fourth-order valence-electron chi connectivity index (χ4n) is 4.83. The SMILES string of the molecule is CC(=O)c1ccc(OC(=O)c2ccc(N3C(=O)[C@H]4[C@H](C3=O)[C@H]3C=C[C@H]4C3)cc2)cc1. The number of esters is 1. The van der Waals surface area contributed by atoms with Crippen molar-refractivity contribution in [1.82, 2.24) is 0 Å². The second-order valence-corrected chi connectivity index (χ2v) is 8.03. The number of Topliss-reactive ketones (excluding diaryl/α,β-unsaturated/α-hetero) is 1. The molecule has 0 aromatic heterocycles. The molecule has 3 aliphatic rings. The van der Waals surface area contributed by atoms with Crippen molar-refractivity contribution in [2.24, 2.45) is 23.7 Å². The molecular formula is C24H19NO5. The smallest absolute Gasteiger partial charge is 0.343 e. The van der Waals surface area contributed by atoms with Crippen molar-refractivity contribution >= 4 is 29.3 Å². The number of fused-ring (bicyclic) bond motifs is 5. The third kappa shape index (κ3) is 2.79. The molecule has 0 radical (unpaired) electrons. The molecule has 2 aromatic carbocycles. The van der Waals surface area contributed by atoms with Gasteiger partial charge in [-0.25, -0.2) is 4.79 Å². The van der Waals surface area contributed by atoms with Crippen LogP contribution in [-0.4, -0.2) is 23.6 Å². The summed E-state index contributed by atoms with van der Waals surface area (Å²) in [4.78, 5) is 50.7. The number of rotatable bonds is 4. The van der Waals surface area contributed by atoms with Crippen molar-refractivity contribution in [2.75, 3.05) is 4.90 Å². The number of ether oxygens (including phenoxy) is 1. The van der Waals surface area contributed by atoms with Gasteiger partial charge in [0.05, 0.1) is 23.1 Å². The van der Waals surface area contributed by atoms with Crippen molar-refractivity contribution < 1.29 is 23.9 Å². The number of benzene rings is 2. The highest BCUT2D eigenvalue weighted by atomic mass is 16.5. The molecule has 0 unspecified atom stereocenters. The lowest BCUT2D eigenvalue weighted by atomic mass is 9.85. The highest BCUT2D eigenvalue weighted by Gasteiger charge is 2.59. The van der Waals surface area contributed by atoms with Crippen molar-refractivity contribution in [2.45, 2.75) is 13.3 Å². The van der Waals surface area contributed by atoms with E-state index in [1.165, 1.54) is 11.8 Å². The number of hydrogen-bond donors (Lipinski definition) is 0. The van der Waals surface area contributed by atoms with Crippen LogP contribution in [-0.2, 0) is 9.59 Å². The van der Waals surface area contributed by atoms with Crippen molar-refractivity contribution in [3.05, 3.63) is 71.8 Å². The quantitative estimate of drug-likeness (QED) is 0.258. The lowest BCUT2D eigenvalue weighted by Crippen LogP contribution is -2.32. The Morgan fingerprint density at radius 3 is 1.90 bits per heavy atom. The first-order chi connectivity index (χ1) is 14.4. The van der Waals surface area contributed by atoms with Gasteiger partial charge < -0.3 is 4.74 Å². The van der Waals surface area contributed by atoms with E-state index in [4.69, 9.17) is 4.74 Å². The van der Waals surface area contributed by atoms with Gasteiger partial charge in [-0.15, -0.1) is 0 Å². The minimum atomic E-state index is -0.560. The van der Waals surface area contributed by atoms with Crippen molar-refractivity contribution in [3.63, 3.8) is 0 Å². The molecule has 150 valence electrons. The van der Waals surface area contributed by atoms with Crippen LogP contribution < -0.4 is 9.64 Å². The number of ketones is 1. The normalized spacial score (nSPS) is 26.2. The minimum Gasteiger partial charge on any atom is -0.423 e. The molecule has 2 aromatic rings. The van der Waals surface area contributed by atoms with Gasteiger partial charge >= 0.3 is 5.97 Å². The first-order valence-electron chi connectivity index (χ1n) is 9.93. The zero-order valence-electron chi connectivity index (χ0n) is 16.3. The van der Waals surface area contributed by atoms with Crippen LogP contribution in [0.4, 0.5) is 5.69 Å². The third-order valence-electron chi connectivity index (χ3n) is 6.30. The second-order valence-electron chi connectivity index (χ2n) is 8.03. The van der Waals surface area contributed by atoms with Gasteiger partial charge in [0.2, 0.25) is 11.8 Å². The molecule has 1 heterocycles. The molecule has 6 nitrogen and oxygen atoms in total. The molecule has 4 atom stereocenters. The fourth-order valence-corrected chi connectivity index (χ4v) is 4.83. The van der Waals surface area contributed by atoms with Crippen LogP contribution in [0.1, 0.15) is 34.1 Å². The molecule has 0 spiro atoms. The Balaban J connectivity index is 1.31. The molecule has 2 aliphatic carbocycles. The van der Waals surface area contributed by atoms with E-state index in [9.17, 15) is 19.2 Å². The molecule has 1 saturated heterocycles. The zero-order chi connectivity index (χ0) is 21.0. The van der Waals surface area contributed by atoms with Crippen molar-refractivity contribution in [1.29, 1.82) is 0 Å². The molecule has 1 saturated carbocycles. The maximum Gasteiger partial charge on any atom is 0.343 e. The van der Waals surface area contributed by atoms with E-state index in [1.807, 2.05) is 0 Å². The van der Waals surface area contributed by atoms with Crippen LogP contribution in [0.15, 0.2) is 60.7 Å². The average Bonchev–Trinajstić information content (AvgIpc) is 3.42. The predicted octanol–water partition coefficient (Wildman–Crippen LogP) is 3.42. The average molecular weight is 401 g/mol. The van der Waals surface area contributed by atoms with E-state index in [0.29, 0.717) is 22.6 Å². The van der Waals surface area contributed by atoms with E-state index in [-0.39, 0.29) is 41.3 Å². The number of carbonyl (C=O) groups is 4. The van der Waals surface area contributed by atoms with Crippen LogP contribution in [0, 0.1) is 23.7 Å². The second kappa shape index (κ2) is 6.76. The van der Waals surface area contributed by atoms with Crippen LogP contribution in [0.3, 0.4) is 0 Å². The van der Waals surface area contributed by atoms with Gasteiger partial charge in [-0.3, -0.25) is 19.3 Å². The van der Waals surface area contributed by atoms with Gasteiger partial charge in [0.25, 0.3) is 0 Å². The summed E-state index contributed by atoms with van der Waals surface area (Å²) in [5.41, 5.74) is 1.31. The summed E-state index contributed by atoms with van der Waals surface area (Å²) in [5, 5.41) is 0. The summed E-state index contributed by atoms with van der Waals surface area (Å²) in [7, 11) is 0. The Kier molecular flexibility index (Phi) is 4.17. The first kappa shape index (κ1) is 18.5. The van der Waals surface area contributed by atoms with Gasteiger partial charge in [-0.1, -0.05) is 12.2 Å². The highest BCUT2D eigenvalue weighted by molar-refractivity contribution is 6.22. The number of anilines is 1. The Bertz CT molecular complexity index is 1070. The van der Waals surface area contributed by atoms with Gasteiger partial charge in [0.15, 0.2) is 5.78 Å². The number of amides is 2. The van der Waals surface area contributed by atoms with Crippen LogP contribution >= 0.6 is 0 Å². The van der Waals surface area contributed by atoms with Gasteiger partial charge in [0, 0.05) is 5.56 Å². The maximum atomic E-state index is 12.9. The summed E-state index contributed by atoms with van der Waals surface area (Å²) in [5.74, 6) is -0.793. The third-order valence-corrected chi connectivity index (χ3v) is 6.30. The van der Waals surface area contributed by atoms with Gasteiger partial charge in [0.1, 0.15) is 5.75 Å². The van der Waals surface area contributed by atoms with E-state index >= 15 is 0 Å². The molecule has 6 heteroatoms. The molecule has 2 amide bonds. The lowest BCUT2D eigenvalue weighted by Gasteiger charge is -2.17. The fraction of sp³-hybridized carbons (Fsp3) is 0.250. The standard InChI is InChI=1S/C24H19NO5/c1-13(26)14-6-10-19(11-7-14)30-24(29)15-4-8-18(9-5-15)25-22(27)20-16-2-3-17(12-16)21(20)23(25)28/h2-11,16-17,20-21H,12H2,1H3/t16-,17-,20+,21+/m0/s1. The Morgan fingerprint density at radius 2 is 1.37 bits per heavy atom. The van der Waals surface area contributed by atoms with Gasteiger partial charge in [-0.05, 0) is 73.7 Å². The Morgan fingerprint density at radius 1 is 0.833 bits per heavy atom. The van der Waals surface area contributed by atoms with E-state index < -0.39 is 5.97 Å². The summed E-state index contributed by atoms with van der Waals surface area (Å²) in [6.45, 7) is 1.47. The Labute approximate surface area is 173 Å². The van der Waals surface area contributed by atoms with E-state index in [1.54, 1.807) is 48.5 Å². The summed E-state index contributed by atoms with van der Waals surface area (Å²) in [6.07, 6.45) is 5.00. The summed E-state index contributed by atoms with van der Waals surface area (Å²) >= 11 is 0. The number of nitrogens with zero attached hydrogens (tertiary/aromatic N) is 1. The van der Waals surface area contributed by atoms with Crippen LogP contribution in [0.5, 0.6) is 5.75 Å². The maximum absolute atomic E-state index is 12.9. The van der Waals surface area contributed by atoms with Crippen LogP contribution in [0.2, 0.25) is 0 Å². The van der Waals surface area contributed by atoms with Crippen molar-refractivity contribution in [3.8, 4) is 5.75 Å². The molecule has 2 bridgehead atoms. The molecular weight excluding hydrogens is 382 g/mol. The molecule has 1 aliphatic heterocycles. The van der Waals surface area contributed by atoms with E-state index in [2.05, 4.69) is 12.2 Å². The number of hydrogen-bond acceptors (Lipinski definition) is 5. The first-order valence-corrected chi connectivity index (χ1v) is 9.93. The lowest BCUT2D eigenvalue weighted by molar-refractivity contribution is -0.123. The minimum absolute atomic E-state index is 0.0672. The summed E-state index contributed by atoms with van der Waals surface area (Å²) in [6, 6.07) is 12.6. The predicted molar refractivity (Wildman–Crippen MR) is 108 cm³/mol. The number of carbonyl (C=O) groups excluding carboxylic acids is 4. The highest BCUT2D eigenvalue weighted by Crippen LogP contribution is 2.53. The van der Waals surface area contributed by atoms with E-state index in [0.717, 1.165) is 6.42 Å². The monoisotopic (exact) mass is 401 g/mol. The summed E-state index contributed by atoms with van der Waals surface area (Å²) < 4.78 is 5.33. The Hall–Kier alpha value is -3.54. The largest absolute Gasteiger partial charge is 0.423 e. The molecule has 2 fully saturated rings. The number of imide groups is 1.